The van der Waals surface area contributed by atoms with E-state index in [1.165, 1.54) is 6.08 Å². The highest BCUT2D eigenvalue weighted by Crippen LogP contribution is 2.19. The van der Waals surface area contributed by atoms with Crippen LogP contribution in [0, 0.1) is 0 Å². The van der Waals surface area contributed by atoms with Gasteiger partial charge >= 0.3 is 5.97 Å². The highest BCUT2D eigenvalue weighted by atomic mass is 16.5. The van der Waals surface area contributed by atoms with Crippen molar-refractivity contribution in [2.75, 3.05) is 0 Å². The zero-order valence-electron chi connectivity index (χ0n) is 17.8. The van der Waals surface area contributed by atoms with Gasteiger partial charge in [-0.1, -0.05) is 72.8 Å². The van der Waals surface area contributed by atoms with E-state index in [4.69, 9.17) is 4.74 Å². The van der Waals surface area contributed by atoms with Crippen molar-refractivity contribution in [3.8, 4) is 5.75 Å². The Hall–Kier alpha value is -4.51. The molecule has 0 saturated carbocycles. The molecule has 0 unspecified atom stereocenters. The molecule has 0 heterocycles. The van der Waals surface area contributed by atoms with E-state index >= 15 is 0 Å². The zero-order valence-corrected chi connectivity index (χ0v) is 17.8. The highest BCUT2D eigenvalue weighted by molar-refractivity contribution is 5.91. The van der Waals surface area contributed by atoms with Crippen LogP contribution >= 0.6 is 0 Å². The molecule has 5 nitrogen and oxygen atoms in total. The van der Waals surface area contributed by atoms with Crippen molar-refractivity contribution in [1.82, 2.24) is 5.43 Å². The number of carbonyl (C=O) groups excluding carboxylic acids is 2. The summed E-state index contributed by atoms with van der Waals surface area (Å²) >= 11 is 0. The second kappa shape index (κ2) is 10.7. The number of amides is 1. The molecule has 0 aromatic heterocycles. The molecular formula is C28H22N2O3. The van der Waals surface area contributed by atoms with Gasteiger partial charge in [-0.25, -0.2) is 10.2 Å². The molecule has 4 aromatic carbocycles. The van der Waals surface area contributed by atoms with Crippen LogP contribution in [0.5, 0.6) is 5.75 Å². The summed E-state index contributed by atoms with van der Waals surface area (Å²) in [5.41, 5.74) is 5.20. The molecule has 0 fully saturated rings. The smallest absolute Gasteiger partial charge is 0.336 e. The average molecular weight is 434 g/mol. The molecule has 1 amide bonds. The Morgan fingerprint density at radius 3 is 2.33 bits per heavy atom. The highest BCUT2D eigenvalue weighted by Gasteiger charge is 2.06. The maximum absolute atomic E-state index is 12.3. The summed E-state index contributed by atoms with van der Waals surface area (Å²) < 4.78 is 5.30. The number of carbonyl (C=O) groups is 2. The Kier molecular flexibility index (Phi) is 7.03. The second-order valence-corrected chi connectivity index (χ2v) is 7.34. The summed E-state index contributed by atoms with van der Waals surface area (Å²) in [7, 11) is 0. The molecule has 0 aliphatic heterocycles. The summed E-state index contributed by atoms with van der Waals surface area (Å²) in [6.07, 6.45) is 4.87. The molecule has 0 saturated heterocycles. The standard InChI is InChI=1S/C28H22N2O3/c31-27(19-24-11-6-10-23-9-4-5-12-26(23)24)30-29-20-22-13-16-25(17-14-22)33-28(32)18-15-21-7-2-1-3-8-21/h1-18,20H,19H2,(H,30,31)/b18-15+,29-20+. The van der Waals surface area contributed by atoms with Crippen molar-refractivity contribution in [3.05, 3.63) is 120 Å². The lowest BCUT2D eigenvalue weighted by Gasteiger charge is -2.05. The molecule has 0 atom stereocenters. The van der Waals surface area contributed by atoms with E-state index < -0.39 is 5.97 Å². The van der Waals surface area contributed by atoms with Crippen LogP contribution in [0.1, 0.15) is 16.7 Å². The first kappa shape index (κ1) is 21.7. The summed E-state index contributed by atoms with van der Waals surface area (Å²) in [4.78, 5) is 24.3. The Bertz CT molecular complexity index is 1300. The van der Waals surface area contributed by atoms with Gasteiger partial charge in [-0.2, -0.15) is 5.10 Å². The predicted molar refractivity (Wildman–Crippen MR) is 131 cm³/mol. The van der Waals surface area contributed by atoms with Crippen LogP contribution in [0.15, 0.2) is 108 Å². The van der Waals surface area contributed by atoms with Gasteiger partial charge in [0.1, 0.15) is 5.75 Å². The van der Waals surface area contributed by atoms with Crippen molar-refractivity contribution in [2.24, 2.45) is 5.10 Å². The number of fused-ring (bicyclic) bond motifs is 1. The van der Waals surface area contributed by atoms with Gasteiger partial charge in [0, 0.05) is 6.08 Å². The normalized spacial score (nSPS) is 11.2. The van der Waals surface area contributed by atoms with E-state index in [-0.39, 0.29) is 12.3 Å². The maximum Gasteiger partial charge on any atom is 0.336 e. The minimum atomic E-state index is -0.457. The van der Waals surface area contributed by atoms with E-state index in [0.717, 1.165) is 27.5 Å². The SMILES string of the molecule is O=C(Cc1cccc2ccccc12)N/N=C/c1ccc(OC(=O)/C=C/c2ccccc2)cc1. The monoisotopic (exact) mass is 434 g/mol. The molecule has 0 aliphatic carbocycles. The molecule has 0 bridgehead atoms. The Morgan fingerprint density at radius 1 is 0.788 bits per heavy atom. The molecule has 1 N–H and O–H groups in total. The predicted octanol–water partition coefficient (Wildman–Crippen LogP) is 5.15. The Morgan fingerprint density at radius 2 is 1.52 bits per heavy atom. The third-order valence-corrected chi connectivity index (χ3v) is 4.94. The third kappa shape index (κ3) is 6.24. The first-order valence-corrected chi connectivity index (χ1v) is 10.5. The number of esters is 1. The molecular weight excluding hydrogens is 412 g/mol. The van der Waals surface area contributed by atoms with Gasteiger partial charge in [-0.3, -0.25) is 4.79 Å². The fourth-order valence-corrected chi connectivity index (χ4v) is 3.34. The van der Waals surface area contributed by atoms with Crippen LogP contribution in [0.25, 0.3) is 16.8 Å². The number of hydrogen-bond acceptors (Lipinski definition) is 4. The van der Waals surface area contributed by atoms with Gasteiger partial charge < -0.3 is 4.74 Å². The topological polar surface area (TPSA) is 67.8 Å². The molecule has 4 rings (SSSR count). The van der Waals surface area contributed by atoms with E-state index in [1.807, 2.05) is 72.8 Å². The lowest BCUT2D eigenvalue weighted by Crippen LogP contribution is -2.19. The molecule has 5 heteroatoms. The van der Waals surface area contributed by atoms with Crippen molar-refractivity contribution < 1.29 is 14.3 Å². The lowest BCUT2D eigenvalue weighted by molar-refractivity contribution is -0.129. The molecule has 0 spiro atoms. The molecule has 0 radical (unpaired) electrons. The van der Waals surface area contributed by atoms with Crippen molar-refractivity contribution in [2.45, 2.75) is 6.42 Å². The molecule has 0 aliphatic rings. The minimum absolute atomic E-state index is 0.196. The number of rotatable bonds is 7. The summed E-state index contributed by atoms with van der Waals surface area (Å²) in [5.74, 6) is -0.228. The third-order valence-electron chi connectivity index (χ3n) is 4.94. The largest absolute Gasteiger partial charge is 0.423 e. The molecule has 162 valence electrons. The van der Waals surface area contributed by atoms with Gasteiger partial charge in [0.25, 0.3) is 0 Å². The van der Waals surface area contributed by atoms with Crippen LogP contribution in [-0.4, -0.2) is 18.1 Å². The fraction of sp³-hybridized carbons (Fsp3) is 0.0357. The summed E-state index contributed by atoms with van der Waals surface area (Å²) in [6, 6.07) is 30.3. The van der Waals surface area contributed by atoms with Crippen LogP contribution in [0.2, 0.25) is 0 Å². The number of nitrogens with one attached hydrogen (secondary N) is 1. The summed E-state index contributed by atoms with van der Waals surface area (Å²) in [5, 5.41) is 6.19. The molecule has 4 aromatic rings. The van der Waals surface area contributed by atoms with Gasteiger partial charge in [-0.15, -0.1) is 0 Å². The zero-order chi connectivity index (χ0) is 22.9. The summed E-state index contributed by atoms with van der Waals surface area (Å²) in [6.45, 7) is 0. The van der Waals surface area contributed by atoms with Crippen molar-refractivity contribution in [3.63, 3.8) is 0 Å². The average Bonchev–Trinajstić information content (AvgIpc) is 2.85. The van der Waals surface area contributed by atoms with Crippen LogP contribution < -0.4 is 10.2 Å². The lowest BCUT2D eigenvalue weighted by atomic mass is 10.0. The number of nitrogens with zero attached hydrogens (tertiary/aromatic N) is 1. The number of benzene rings is 4. The number of hydrazone groups is 1. The van der Waals surface area contributed by atoms with Gasteiger partial charge in [0.15, 0.2) is 0 Å². The quantitative estimate of drug-likeness (QED) is 0.144. The molecule has 33 heavy (non-hydrogen) atoms. The maximum atomic E-state index is 12.3. The first-order chi connectivity index (χ1) is 16.2. The van der Waals surface area contributed by atoms with Gasteiger partial charge in [0.2, 0.25) is 5.91 Å². The minimum Gasteiger partial charge on any atom is -0.423 e. The van der Waals surface area contributed by atoms with E-state index in [9.17, 15) is 9.59 Å². The first-order valence-electron chi connectivity index (χ1n) is 10.5. The van der Waals surface area contributed by atoms with E-state index in [0.29, 0.717) is 5.75 Å². The number of hydrogen-bond donors (Lipinski definition) is 1. The van der Waals surface area contributed by atoms with Crippen LogP contribution in [0.3, 0.4) is 0 Å². The Balaban J connectivity index is 1.28. The van der Waals surface area contributed by atoms with Crippen LogP contribution in [0.4, 0.5) is 0 Å². The van der Waals surface area contributed by atoms with Gasteiger partial charge in [-0.05, 0) is 57.8 Å². The second-order valence-electron chi connectivity index (χ2n) is 7.34. The van der Waals surface area contributed by atoms with E-state index in [1.54, 1.807) is 36.6 Å². The van der Waals surface area contributed by atoms with Crippen molar-refractivity contribution >= 4 is 34.9 Å². The van der Waals surface area contributed by atoms with Gasteiger partial charge in [0.05, 0.1) is 12.6 Å². The fourth-order valence-electron chi connectivity index (χ4n) is 3.34. The van der Waals surface area contributed by atoms with E-state index in [2.05, 4.69) is 10.5 Å². The van der Waals surface area contributed by atoms with Crippen molar-refractivity contribution in [1.29, 1.82) is 0 Å². The van der Waals surface area contributed by atoms with Crippen LogP contribution in [-0.2, 0) is 16.0 Å². The number of ether oxygens (including phenoxy) is 1. The Labute approximate surface area is 192 Å².